The van der Waals surface area contributed by atoms with Crippen LogP contribution in [0.2, 0.25) is 0 Å². The molecule has 2 rings (SSSR count). The molecule has 7 nitrogen and oxygen atoms in total. The summed E-state index contributed by atoms with van der Waals surface area (Å²) >= 11 is 0. The number of carbonyl (C=O) groups excluding carboxylic acids is 1. The lowest BCUT2D eigenvalue weighted by Crippen LogP contribution is -2.12. The zero-order chi connectivity index (χ0) is 14.4. The van der Waals surface area contributed by atoms with E-state index in [1.54, 1.807) is 30.5 Å². The van der Waals surface area contributed by atoms with E-state index in [9.17, 15) is 4.79 Å². The van der Waals surface area contributed by atoms with Gasteiger partial charge in [-0.2, -0.15) is 5.26 Å². The normalized spacial score (nSPS) is 10.0. The SMILES string of the molecule is N#CCc1ccc(NC(=O)c2cn(CCN)nn2)cc1. The lowest BCUT2D eigenvalue weighted by Gasteiger charge is -2.03. The monoisotopic (exact) mass is 270 g/mol. The van der Waals surface area contributed by atoms with Gasteiger partial charge in [-0.3, -0.25) is 9.48 Å². The van der Waals surface area contributed by atoms with Crippen molar-refractivity contribution >= 4 is 11.6 Å². The Balaban J connectivity index is 2.01. The van der Waals surface area contributed by atoms with E-state index in [1.165, 1.54) is 4.68 Å². The molecule has 0 aliphatic carbocycles. The molecule has 0 radical (unpaired) electrons. The van der Waals surface area contributed by atoms with Crippen LogP contribution in [0, 0.1) is 11.3 Å². The van der Waals surface area contributed by atoms with E-state index in [0.717, 1.165) is 5.56 Å². The standard InChI is InChI=1S/C13H14N6O/c14-6-5-10-1-3-11(4-2-10)16-13(20)12-9-19(8-7-15)18-17-12/h1-4,9H,5,7-8,15H2,(H,16,20). The number of nitrogens with zero attached hydrogens (tertiary/aromatic N) is 4. The first kappa shape index (κ1) is 13.7. The molecule has 0 saturated heterocycles. The minimum absolute atomic E-state index is 0.236. The van der Waals surface area contributed by atoms with E-state index in [4.69, 9.17) is 11.0 Å². The molecule has 0 aliphatic heterocycles. The molecule has 0 spiro atoms. The molecule has 1 aromatic heterocycles. The Kier molecular flexibility index (Phi) is 4.42. The van der Waals surface area contributed by atoms with Gasteiger partial charge in [0.25, 0.3) is 5.91 Å². The maximum atomic E-state index is 11.9. The molecule has 2 aromatic rings. The Bertz CT molecular complexity index is 625. The Labute approximate surface area is 116 Å². The first-order valence-corrected chi connectivity index (χ1v) is 6.10. The molecular formula is C13H14N6O. The van der Waals surface area contributed by atoms with Crippen LogP contribution in [0.4, 0.5) is 5.69 Å². The zero-order valence-electron chi connectivity index (χ0n) is 10.8. The molecule has 1 aromatic carbocycles. The minimum atomic E-state index is -0.332. The summed E-state index contributed by atoms with van der Waals surface area (Å²) in [6, 6.07) is 9.15. The number of aromatic nitrogens is 3. The maximum absolute atomic E-state index is 11.9. The van der Waals surface area contributed by atoms with E-state index in [1.807, 2.05) is 0 Å². The van der Waals surface area contributed by atoms with Gasteiger partial charge < -0.3 is 11.1 Å². The van der Waals surface area contributed by atoms with Crippen molar-refractivity contribution in [3.05, 3.63) is 41.7 Å². The van der Waals surface area contributed by atoms with Crippen LogP contribution in [-0.4, -0.2) is 27.4 Å². The first-order valence-electron chi connectivity index (χ1n) is 6.10. The average molecular weight is 270 g/mol. The number of nitrogens with one attached hydrogen (secondary N) is 1. The van der Waals surface area contributed by atoms with Gasteiger partial charge in [-0.05, 0) is 17.7 Å². The summed E-state index contributed by atoms with van der Waals surface area (Å²) < 4.78 is 1.52. The van der Waals surface area contributed by atoms with E-state index in [0.29, 0.717) is 25.2 Å². The Morgan fingerprint density at radius 1 is 1.40 bits per heavy atom. The van der Waals surface area contributed by atoms with Gasteiger partial charge in [-0.1, -0.05) is 17.3 Å². The quantitative estimate of drug-likeness (QED) is 0.824. The number of amides is 1. The van der Waals surface area contributed by atoms with Gasteiger partial charge in [0.1, 0.15) is 0 Å². The summed E-state index contributed by atoms with van der Waals surface area (Å²) in [6.45, 7) is 0.952. The zero-order valence-corrected chi connectivity index (χ0v) is 10.8. The second-order valence-electron chi connectivity index (χ2n) is 4.14. The molecule has 7 heteroatoms. The van der Waals surface area contributed by atoms with Crippen LogP contribution in [0.5, 0.6) is 0 Å². The number of anilines is 1. The van der Waals surface area contributed by atoms with Gasteiger partial charge in [-0.15, -0.1) is 5.10 Å². The van der Waals surface area contributed by atoms with Gasteiger partial charge in [-0.25, -0.2) is 0 Å². The van der Waals surface area contributed by atoms with Crippen LogP contribution >= 0.6 is 0 Å². The second-order valence-corrected chi connectivity index (χ2v) is 4.14. The number of benzene rings is 1. The van der Waals surface area contributed by atoms with Crippen molar-refractivity contribution in [3.8, 4) is 6.07 Å². The van der Waals surface area contributed by atoms with Crippen LogP contribution in [-0.2, 0) is 13.0 Å². The molecule has 0 atom stereocenters. The van der Waals surface area contributed by atoms with Crippen LogP contribution in [0.15, 0.2) is 30.5 Å². The fourth-order valence-corrected chi connectivity index (χ4v) is 1.64. The van der Waals surface area contributed by atoms with E-state index in [2.05, 4.69) is 21.7 Å². The van der Waals surface area contributed by atoms with Crippen LogP contribution in [0.25, 0.3) is 0 Å². The molecule has 1 heterocycles. The van der Waals surface area contributed by atoms with Crippen molar-refractivity contribution in [3.63, 3.8) is 0 Å². The van der Waals surface area contributed by atoms with Crippen molar-refractivity contribution in [1.82, 2.24) is 15.0 Å². The number of rotatable bonds is 5. The van der Waals surface area contributed by atoms with Crippen molar-refractivity contribution in [2.24, 2.45) is 5.73 Å². The highest BCUT2D eigenvalue weighted by atomic mass is 16.2. The van der Waals surface area contributed by atoms with Gasteiger partial charge in [0.15, 0.2) is 5.69 Å². The van der Waals surface area contributed by atoms with E-state index in [-0.39, 0.29) is 11.6 Å². The molecule has 0 bridgehead atoms. The molecule has 20 heavy (non-hydrogen) atoms. The highest BCUT2D eigenvalue weighted by molar-refractivity contribution is 6.02. The minimum Gasteiger partial charge on any atom is -0.329 e. The average Bonchev–Trinajstić information content (AvgIpc) is 2.90. The predicted octanol–water partition coefficient (Wildman–Crippen LogP) is 0.555. The third-order valence-electron chi connectivity index (χ3n) is 2.62. The third-order valence-corrected chi connectivity index (χ3v) is 2.62. The summed E-state index contributed by atoms with van der Waals surface area (Å²) in [6.07, 6.45) is 1.90. The highest BCUT2D eigenvalue weighted by Crippen LogP contribution is 2.11. The summed E-state index contributed by atoms with van der Waals surface area (Å²) in [5.74, 6) is -0.332. The number of nitriles is 1. The van der Waals surface area contributed by atoms with Gasteiger partial charge in [0, 0.05) is 12.2 Å². The molecular weight excluding hydrogens is 256 g/mol. The largest absolute Gasteiger partial charge is 0.329 e. The number of hydrogen-bond donors (Lipinski definition) is 2. The first-order chi connectivity index (χ1) is 9.72. The Hall–Kier alpha value is -2.72. The van der Waals surface area contributed by atoms with Gasteiger partial charge in [0.05, 0.1) is 25.2 Å². The van der Waals surface area contributed by atoms with Crippen LogP contribution in [0.1, 0.15) is 16.1 Å². The van der Waals surface area contributed by atoms with Gasteiger partial charge >= 0.3 is 0 Å². The summed E-state index contributed by atoms with van der Waals surface area (Å²) in [5, 5.41) is 18.9. The predicted molar refractivity (Wildman–Crippen MR) is 72.8 cm³/mol. The Morgan fingerprint density at radius 2 is 2.15 bits per heavy atom. The smallest absolute Gasteiger partial charge is 0.277 e. The fraction of sp³-hybridized carbons (Fsp3) is 0.231. The van der Waals surface area contributed by atoms with Crippen LogP contribution < -0.4 is 11.1 Å². The number of carbonyl (C=O) groups is 1. The fourth-order valence-electron chi connectivity index (χ4n) is 1.64. The van der Waals surface area contributed by atoms with Crippen molar-refractivity contribution in [2.45, 2.75) is 13.0 Å². The molecule has 0 unspecified atom stereocenters. The topological polar surface area (TPSA) is 110 Å². The van der Waals surface area contributed by atoms with Crippen molar-refractivity contribution in [1.29, 1.82) is 5.26 Å². The molecule has 3 N–H and O–H groups in total. The molecule has 0 fully saturated rings. The summed E-state index contributed by atoms with van der Waals surface area (Å²) in [5.41, 5.74) is 7.18. The van der Waals surface area contributed by atoms with Crippen LogP contribution in [0.3, 0.4) is 0 Å². The number of nitrogens with two attached hydrogens (primary N) is 1. The van der Waals surface area contributed by atoms with E-state index >= 15 is 0 Å². The second kappa shape index (κ2) is 6.45. The lowest BCUT2D eigenvalue weighted by atomic mass is 10.1. The summed E-state index contributed by atoms with van der Waals surface area (Å²) in [7, 11) is 0. The van der Waals surface area contributed by atoms with E-state index < -0.39 is 0 Å². The van der Waals surface area contributed by atoms with Crippen molar-refractivity contribution in [2.75, 3.05) is 11.9 Å². The molecule has 1 amide bonds. The highest BCUT2D eigenvalue weighted by Gasteiger charge is 2.10. The van der Waals surface area contributed by atoms with Gasteiger partial charge in [0.2, 0.25) is 0 Å². The third kappa shape index (κ3) is 3.40. The maximum Gasteiger partial charge on any atom is 0.277 e. The molecule has 102 valence electrons. The lowest BCUT2D eigenvalue weighted by molar-refractivity contribution is 0.102. The van der Waals surface area contributed by atoms with Crippen molar-refractivity contribution < 1.29 is 4.79 Å². The molecule has 0 saturated carbocycles. The Morgan fingerprint density at radius 3 is 2.80 bits per heavy atom. The molecule has 0 aliphatic rings. The summed E-state index contributed by atoms with van der Waals surface area (Å²) in [4.78, 5) is 11.9. The number of hydrogen-bond acceptors (Lipinski definition) is 5.